The van der Waals surface area contributed by atoms with Gasteiger partial charge in [0, 0.05) is 32.3 Å². The minimum absolute atomic E-state index is 0.286. The Balaban J connectivity index is 2.14. The summed E-state index contributed by atoms with van der Waals surface area (Å²) in [7, 11) is 1.89. The first-order valence-corrected chi connectivity index (χ1v) is 6.95. The first kappa shape index (κ1) is 13.8. The molecule has 0 aromatic carbocycles. The van der Waals surface area contributed by atoms with Gasteiger partial charge in [-0.15, -0.1) is 0 Å². The monoisotopic (exact) mass is 271 g/mol. The van der Waals surface area contributed by atoms with Crippen LogP contribution in [0.15, 0.2) is 0 Å². The molecular formula is C13H22ClN3O. The van der Waals surface area contributed by atoms with Crippen molar-refractivity contribution in [3.05, 3.63) is 16.4 Å². The molecule has 0 amide bonds. The molecule has 1 fully saturated rings. The highest BCUT2D eigenvalue weighted by atomic mass is 35.5. The number of rotatable bonds is 4. The molecule has 18 heavy (non-hydrogen) atoms. The maximum atomic E-state index is 9.18. The largest absolute Gasteiger partial charge is 0.396 e. The van der Waals surface area contributed by atoms with Crippen molar-refractivity contribution in [2.75, 3.05) is 19.7 Å². The van der Waals surface area contributed by atoms with Crippen LogP contribution in [0.1, 0.15) is 37.4 Å². The third-order valence-corrected chi connectivity index (χ3v) is 4.13. The zero-order valence-electron chi connectivity index (χ0n) is 11.4. The topological polar surface area (TPSA) is 41.3 Å². The Labute approximate surface area is 114 Å². The molecule has 0 radical (unpaired) electrons. The quantitative estimate of drug-likeness (QED) is 0.911. The lowest BCUT2D eigenvalue weighted by Gasteiger charge is -2.16. The molecule has 0 bridgehead atoms. The molecule has 2 heterocycles. The Hall–Kier alpha value is -0.580. The fourth-order valence-electron chi connectivity index (χ4n) is 2.61. The van der Waals surface area contributed by atoms with Crippen LogP contribution in [0.3, 0.4) is 0 Å². The van der Waals surface area contributed by atoms with Crippen LogP contribution in [0.5, 0.6) is 0 Å². The zero-order valence-corrected chi connectivity index (χ0v) is 12.1. The van der Waals surface area contributed by atoms with Gasteiger partial charge in [0.15, 0.2) is 0 Å². The molecule has 0 spiro atoms. The molecular weight excluding hydrogens is 250 g/mol. The Morgan fingerprint density at radius 2 is 2.22 bits per heavy atom. The van der Waals surface area contributed by atoms with Crippen molar-refractivity contribution >= 4 is 11.6 Å². The summed E-state index contributed by atoms with van der Waals surface area (Å²) in [4.78, 5) is 2.36. The van der Waals surface area contributed by atoms with E-state index in [0.717, 1.165) is 42.5 Å². The van der Waals surface area contributed by atoms with E-state index in [-0.39, 0.29) is 6.61 Å². The first-order chi connectivity index (χ1) is 8.52. The summed E-state index contributed by atoms with van der Waals surface area (Å²) in [6.45, 7) is 7.41. The number of aliphatic hydroxyl groups excluding tert-OH is 1. The lowest BCUT2D eigenvalue weighted by Crippen LogP contribution is -2.21. The lowest BCUT2D eigenvalue weighted by atomic mass is 10.1. The fraction of sp³-hybridized carbons (Fsp3) is 0.769. The highest BCUT2D eigenvalue weighted by Crippen LogP contribution is 2.28. The lowest BCUT2D eigenvalue weighted by molar-refractivity contribution is 0.220. The molecule has 1 atom stereocenters. The van der Waals surface area contributed by atoms with E-state index in [9.17, 15) is 5.11 Å². The molecule has 1 aliphatic heterocycles. The highest BCUT2D eigenvalue weighted by Gasteiger charge is 2.25. The zero-order chi connectivity index (χ0) is 13.3. The van der Waals surface area contributed by atoms with Gasteiger partial charge in [-0.1, -0.05) is 25.4 Å². The number of aryl methyl sites for hydroxylation is 1. The van der Waals surface area contributed by atoms with Crippen molar-refractivity contribution in [2.45, 2.75) is 32.7 Å². The number of nitrogens with zero attached hydrogens (tertiary/aromatic N) is 3. The SMILES string of the molecule is CC(C)c1nn(C)c(Cl)c1CN1CCC(CO)C1. The van der Waals surface area contributed by atoms with Crippen molar-refractivity contribution in [3.63, 3.8) is 0 Å². The van der Waals surface area contributed by atoms with Gasteiger partial charge < -0.3 is 5.11 Å². The van der Waals surface area contributed by atoms with E-state index in [0.29, 0.717) is 11.8 Å². The van der Waals surface area contributed by atoms with Gasteiger partial charge in [0.1, 0.15) is 5.15 Å². The molecule has 1 unspecified atom stereocenters. The van der Waals surface area contributed by atoms with Crippen molar-refractivity contribution in [1.29, 1.82) is 0 Å². The highest BCUT2D eigenvalue weighted by molar-refractivity contribution is 6.30. The predicted octanol–water partition coefficient (Wildman–Crippen LogP) is 2.01. The van der Waals surface area contributed by atoms with E-state index < -0.39 is 0 Å². The summed E-state index contributed by atoms with van der Waals surface area (Å²) in [6, 6.07) is 0. The van der Waals surface area contributed by atoms with Crippen LogP contribution in [0.4, 0.5) is 0 Å². The van der Waals surface area contributed by atoms with Gasteiger partial charge in [0.2, 0.25) is 0 Å². The third kappa shape index (κ3) is 2.71. The average molecular weight is 272 g/mol. The Kier molecular flexibility index (Phi) is 4.30. The third-order valence-electron chi connectivity index (χ3n) is 3.66. The second kappa shape index (κ2) is 5.59. The molecule has 4 nitrogen and oxygen atoms in total. The van der Waals surface area contributed by atoms with E-state index in [1.807, 2.05) is 7.05 Å². The van der Waals surface area contributed by atoms with Gasteiger partial charge in [-0.25, -0.2) is 0 Å². The molecule has 0 aliphatic carbocycles. The second-order valence-corrected chi connectivity index (χ2v) is 5.86. The van der Waals surface area contributed by atoms with Crippen LogP contribution in [0.2, 0.25) is 5.15 Å². The van der Waals surface area contributed by atoms with Gasteiger partial charge >= 0.3 is 0 Å². The Bertz CT molecular complexity index is 417. The summed E-state index contributed by atoms with van der Waals surface area (Å²) < 4.78 is 1.76. The number of aliphatic hydroxyl groups is 1. The molecule has 102 valence electrons. The molecule has 1 N–H and O–H groups in total. The minimum atomic E-state index is 0.286. The molecule has 5 heteroatoms. The number of likely N-dealkylation sites (tertiary alicyclic amines) is 1. The molecule has 2 rings (SSSR count). The summed E-state index contributed by atoms with van der Waals surface area (Å²) in [5.41, 5.74) is 2.24. The summed E-state index contributed by atoms with van der Waals surface area (Å²) in [6.07, 6.45) is 1.07. The van der Waals surface area contributed by atoms with E-state index >= 15 is 0 Å². The van der Waals surface area contributed by atoms with Gasteiger partial charge in [0.25, 0.3) is 0 Å². The van der Waals surface area contributed by atoms with Crippen LogP contribution in [-0.4, -0.2) is 39.5 Å². The van der Waals surface area contributed by atoms with Gasteiger partial charge in [-0.05, 0) is 24.8 Å². The second-order valence-electron chi connectivity index (χ2n) is 5.51. The first-order valence-electron chi connectivity index (χ1n) is 6.57. The van der Waals surface area contributed by atoms with E-state index in [1.54, 1.807) is 4.68 Å². The van der Waals surface area contributed by atoms with Crippen LogP contribution in [0, 0.1) is 5.92 Å². The summed E-state index contributed by atoms with van der Waals surface area (Å²) in [5.74, 6) is 0.804. The van der Waals surface area contributed by atoms with Crippen LogP contribution >= 0.6 is 11.6 Å². The van der Waals surface area contributed by atoms with Crippen molar-refractivity contribution in [3.8, 4) is 0 Å². The van der Waals surface area contributed by atoms with E-state index in [4.69, 9.17) is 11.6 Å². The molecule has 1 aromatic rings. The normalized spacial score (nSPS) is 21.1. The van der Waals surface area contributed by atoms with Crippen LogP contribution in [0.25, 0.3) is 0 Å². The van der Waals surface area contributed by atoms with E-state index in [2.05, 4.69) is 23.8 Å². The smallest absolute Gasteiger partial charge is 0.131 e. The van der Waals surface area contributed by atoms with Gasteiger partial charge in [0.05, 0.1) is 5.69 Å². The molecule has 0 saturated carbocycles. The Morgan fingerprint density at radius 3 is 2.78 bits per heavy atom. The fourth-order valence-corrected chi connectivity index (χ4v) is 2.80. The van der Waals surface area contributed by atoms with Crippen molar-refractivity contribution in [2.24, 2.45) is 13.0 Å². The average Bonchev–Trinajstić information content (AvgIpc) is 2.89. The maximum absolute atomic E-state index is 9.18. The van der Waals surface area contributed by atoms with Crippen LogP contribution < -0.4 is 0 Å². The van der Waals surface area contributed by atoms with Crippen molar-refractivity contribution < 1.29 is 5.11 Å². The minimum Gasteiger partial charge on any atom is -0.396 e. The van der Waals surface area contributed by atoms with Crippen LogP contribution in [-0.2, 0) is 13.6 Å². The number of hydrogen-bond acceptors (Lipinski definition) is 3. The Morgan fingerprint density at radius 1 is 1.50 bits per heavy atom. The summed E-state index contributed by atoms with van der Waals surface area (Å²) >= 11 is 6.33. The van der Waals surface area contributed by atoms with E-state index in [1.165, 1.54) is 0 Å². The number of aromatic nitrogens is 2. The number of hydrogen-bond donors (Lipinski definition) is 1. The van der Waals surface area contributed by atoms with Gasteiger partial charge in [-0.3, -0.25) is 9.58 Å². The molecule has 1 aliphatic rings. The standard InChI is InChI=1S/C13H22ClN3O/c1-9(2)12-11(13(14)16(3)15-12)7-17-5-4-10(6-17)8-18/h9-10,18H,4-8H2,1-3H3. The van der Waals surface area contributed by atoms with Gasteiger partial charge in [-0.2, -0.15) is 5.10 Å². The van der Waals surface area contributed by atoms with Crippen molar-refractivity contribution in [1.82, 2.24) is 14.7 Å². The maximum Gasteiger partial charge on any atom is 0.131 e. The number of halogens is 1. The predicted molar refractivity (Wildman–Crippen MR) is 72.8 cm³/mol. The summed E-state index contributed by atoms with van der Waals surface area (Å²) in [5, 5.41) is 14.4. The molecule has 1 saturated heterocycles. The molecule has 1 aromatic heterocycles.